The second-order valence-corrected chi connectivity index (χ2v) is 19.9. The van der Waals surface area contributed by atoms with Crippen molar-refractivity contribution < 1.29 is 14.0 Å². The third-order valence-corrected chi connectivity index (χ3v) is 7.48. The molecule has 0 saturated carbocycles. The molecule has 1 N–H and O–H groups in total. The van der Waals surface area contributed by atoms with Gasteiger partial charge in [-0.3, -0.25) is 9.59 Å². The van der Waals surface area contributed by atoms with Gasteiger partial charge in [-0.15, -0.1) is 0 Å². The van der Waals surface area contributed by atoms with E-state index >= 15 is 0 Å². The van der Waals surface area contributed by atoms with E-state index in [9.17, 15) is 9.59 Å². The molecule has 0 fully saturated rings. The van der Waals surface area contributed by atoms with E-state index in [-0.39, 0.29) is 36.1 Å². The summed E-state index contributed by atoms with van der Waals surface area (Å²) in [6.07, 6.45) is 4.35. The zero-order valence-electron chi connectivity index (χ0n) is 18.0. The van der Waals surface area contributed by atoms with Crippen LogP contribution in [-0.4, -0.2) is 63.9 Å². The standard InChI is InChI=1S/C18H40N2O3S2Si2/c1-26(2,3)12-8-10-16(23-27(4,5)6)9-7-11-20(18(22)14-25)15-19-17(21)13-24/h16,24-25H,7-15H2,1-6H3,(H,19,21). The summed E-state index contributed by atoms with van der Waals surface area (Å²) >= 11 is 8.02. The minimum Gasteiger partial charge on any atom is -0.415 e. The molecule has 0 bridgehead atoms. The van der Waals surface area contributed by atoms with Gasteiger partial charge in [-0.1, -0.05) is 32.1 Å². The molecule has 1 unspecified atom stereocenters. The molecule has 5 nitrogen and oxygen atoms in total. The maximum atomic E-state index is 12.1. The average Bonchev–Trinajstić information content (AvgIpc) is 2.53. The molecule has 9 heteroatoms. The van der Waals surface area contributed by atoms with Crippen molar-refractivity contribution in [2.75, 3.05) is 24.7 Å². The minimum absolute atomic E-state index is 0.0702. The summed E-state index contributed by atoms with van der Waals surface area (Å²) in [4.78, 5) is 25.1. The molecule has 0 aliphatic rings. The molecule has 0 aromatic rings. The number of hydrogen-bond donors (Lipinski definition) is 3. The van der Waals surface area contributed by atoms with Crippen LogP contribution in [0.4, 0.5) is 0 Å². The lowest BCUT2D eigenvalue weighted by molar-refractivity contribution is -0.129. The Morgan fingerprint density at radius 3 is 2.07 bits per heavy atom. The van der Waals surface area contributed by atoms with Crippen molar-refractivity contribution in [3.8, 4) is 0 Å². The second-order valence-electron chi connectivity index (χ2n) is 9.18. The number of carbonyl (C=O) groups is 2. The lowest BCUT2D eigenvalue weighted by atomic mass is 10.1. The van der Waals surface area contributed by atoms with E-state index in [1.807, 2.05) is 0 Å². The molecule has 1 atom stereocenters. The summed E-state index contributed by atoms with van der Waals surface area (Å²) < 4.78 is 6.39. The Bertz CT molecular complexity index is 455. The van der Waals surface area contributed by atoms with Crippen LogP contribution >= 0.6 is 25.3 Å². The van der Waals surface area contributed by atoms with Gasteiger partial charge < -0.3 is 14.6 Å². The monoisotopic (exact) mass is 452 g/mol. The number of nitrogens with zero attached hydrogens (tertiary/aromatic N) is 1. The van der Waals surface area contributed by atoms with Crippen LogP contribution < -0.4 is 5.32 Å². The Morgan fingerprint density at radius 2 is 1.59 bits per heavy atom. The molecule has 0 aromatic heterocycles. The normalized spacial score (nSPS) is 13.3. The first kappa shape index (κ1) is 27.0. The van der Waals surface area contributed by atoms with Crippen molar-refractivity contribution in [3.05, 3.63) is 0 Å². The van der Waals surface area contributed by atoms with E-state index in [1.54, 1.807) is 4.90 Å². The number of amides is 2. The van der Waals surface area contributed by atoms with Crippen molar-refractivity contribution in [2.45, 2.75) is 77.1 Å². The first-order chi connectivity index (χ1) is 12.4. The first-order valence-corrected chi connectivity index (χ1v) is 18.2. The third-order valence-electron chi connectivity index (χ3n) is 4.03. The van der Waals surface area contributed by atoms with Crippen molar-refractivity contribution in [3.63, 3.8) is 0 Å². The highest BCUT2D eigenvalue weighted by molar-refractivity contribution is 7.81. The molecule has 0 saturated heterocycles. The number of rotatable bonds is 14. The lowest BCUT2D eigenvalue weighted by Crippen LogP contribution is -2.43. The van der Waals surface area contributed by atoms with Crippen molar-refractivity contribution in [1.29, 1.82) is 0 Å². The highest BCUT2D eigenvalue weighted by Gasteiger charge is 2.22. The van der Waals surface area contributed by atoms with Crippen LogP contribution in [-0.2, 0) is 14.0 Å². The van der Waals surface area contributed by atoms with Crippen molar-refractivity contribution in [2.24, 2.45) is 0 Å². The van der Waals surface area contributed by atoms with Gasteiger partial charge in [-0.05, 0) is 38.9 Å². The molecule has 27 heavy (non-hydrogen) atoms. The quantitative estimate of drug-likeness (QED) is 0.213. The smallest absolute Gasteiger partial charge is 0.233 e. The number of carbonyl (C=O) groups excluding carboxylic acids is 2. The van der Waals surface area contributed by atoms with Gasteiger partial charge in [0.05, 0.1) is 18.2 Å². The second kappa shape index (κ2) is 13.3. The predicted molar refractivity (Wildman–Crippen MR) is 127 cm³/mol. The van der Waals surface area contributed by atoms with Gasteiger partial charge in [0.15, 0.2) is 8.32 Å². The molecule has 0 radical (unpaired) electrons. The number of nitrogens with one attached hydrogen (secondary N) is 1. The zero-order valence-corrected chi connectivity index (χ0v) is 21.8. The Kier molecular flexibility index (Phi) is 13.3. The van der Waals surface area contributed by atoms with Crippen molar-refractivity contribution >= 4 is 53.5 Å². The van der Waals surface area contributed by atoms with Gasteiger partial charge in [0.25, 0.3) is 0 Å². The number of hydrogen-bond acceptors (Lipinski definition) is 5. The molecular formula is C18H40N2O3S2Si2. The first-order valence-electron chi connectivity index (χ1n) is 9.82. The predicted octanol–water partition coefficient (Wildman–Crippen LogP) is 3.87. The topological polar surface area (TPSA) is 58.6 Å². The van der Waals surface area contributed by atoms with Gasteiger partial charge in [-0.25, -0.2) is 0 Å². The highest BCUT2D eigenvalue weighted by atomic mass is 32.1. The summed E-state index contributed by atoms with van der Waals surface area (Å²) in [7, 11) is -2.63. The summed E-state index contributed by atoms with van der Waals surface area (Å²) in [5.74, 6) is 0.00857. The Labute approximate surface area is 179 Å². The molecular weight excluding hydrogens is 413 g/mol. The molecule has 160 valence electrons. The van der Waals surface area contributed by atoms with Crippen LogP contribution in [0.15, 0.2) is 0 Å². The summed E-state index contributed by atoms with van der Waals surface area (Å²) in [6.45, 7) is 14.7. The van der Waals surface area contributed by atoms with E-state index in [1.165, 1.54) is 12.5 Å². The van der Waals surface area contributed by atoms with E-state index in [4.69, 9.17) is 4.43 Å². The highest BCUT2D eigenvalue weighted by Crippen LogP contribution is 2.20. The fourth-order valence-electron chi connectivity index (χ4n) is 2.76. The fourth-order valence-corrected chi connectivity index (χ4v) is 5.58. The molecule has 0 aliphatic carbocycles. The third kappa shape index (κ3) is 15.6. The lowest BCUT2D eigenvalue weighted by Gasteiger charge is -2.29. The minimum atomic E-state index is -1.60. The van der Waals surface area contributed by atoms with Gasteiger partial charge in [0.1, 0.15) is 0 Å². The SMILES string of the molecule is C[Si](C)(C)CCCC(CCCN(CNC(=O)CS)C(=O)CS)O[Si](C)(C)C. The molecule has 0 spiro atoms. The molecule has 0 aromatic carbocycles. The number of thiol groups is 2. The summed E-state index contributed by atoms with van der Waals surface area (Å²) in [5.41, 5.74) is 0. The van der Waals surface area contributed by atoms with Gasteiger partial charge in [0.2, 0.25) is 11.8 Å². The Hall–Kier alpha value is 0.0338. The van der Waals surface area contributed by atoms with Crippen LogP contribution in [0.3, 0.4) is 0 Å². The van der Waals surface area contributed by atoms with E-state index in [0.717, 1.165) is 19.3 Å². The molecule has 0 rings (SSSR count). The Balaban J connectivity index is 4.60. The zero-order chi connectivity index (χ0) is 21.1. The van der Waals surface area contributed by atoms with Gasteiger partial charge in [-0.2, -0.15) is 25.3 Å². The maximum Gasteiger partial charge on any atom is 0.233 e. The molecule has 2 amide bonds. The van der Waals surface area contributed by atoms with Crippen molar-refractivity contribution in [1.82, 2.24) is 10.2 Å². The Morgan fingerprint density at radius 1 is 1.00 bits per heavy atom. The molecule has 0 aliphatic heterocycles. The van der Waals surface area contributed by atoms with Crippen LogP contribution in [0, 0.1) is 0 Å². The average molecular weight is 453 g/mol. The van der Waals surface area contributed by atoms with Gasteiger partial charge in [0, 0.05) is 20.7 Å². The van der Waals surface area contributed by atoms with Crippen LogP contribution in [0.5, 0.6) is 0 Å². The molecule has 0 heterocycles. The van der Waals surface area contributed by atoms with E-state index in [0.29, 0.717) is 6.54 Å². The van der Waals surface area contributed by atoms with Crippen LogP contribution in [0.25, 0.3) is 0 Å². The maximum absolute atomic E-state index is 12.1. The fraction of sp³-hybridized carbons (Fsp3) is 0.889. The van der Waals surface area contributed by atoms with Crippen LogP contribution in [0.1, 0.15) is 25.7 Å². The van der Waals surface area contributed by atoms with Crippen LogP contribution in [0.2, 0.25) is 45.3 Å². The van der Waals surface area contributed by atoms with E-state index < -0.39 is 16.4 Å². The van der Waals surface area contributed by atoms with E-state index in [2.05, 4.69) is 69.9 Å². The largest absolute Gasteiger partial charge is 0.415 e. The summed E-state index contributed by atoms with van der Waals surface area (Å²) in [5, 5.41) is 2.71. The summed E-state index contributed by atoms with van der Waals surface area (Å²) in [6, 6.07) is 1.32. The van der Waals surface area contributed by atoms with Gasteiger partial charge >= 0.3 is 0 Å².